The van der Waals surface area contributed by atoms with E-state index >= 15 is 8.78 Å². The Kier molecular flexibility index (Phi) is 13.8. The predicted octanol–water partition coefficient (Wildman–Crippen LogP) is 5.95. The Balaban J connectivity index is 1.13. The van der Waals surface area contributed by atoms with Crippen LogP contribution in [-0.4, -0.2) is 114 Å². The number of H-pyrrole nitrogens is 2. The molecule has 6 rings (SSSR count). The molecule has 4 N–H and O–H groups in total. The number of nitrogens with one attached hydrogen (secondary N) is 4. The predicted molar refractivity (Wildman–Crippen MR) is 216 cm³/mol. The monoisotopic (exact) mass is 824 g/mol. The lowest BCUT2D eigenvalue weighted by Gasteiger charge is -2.38. The molecular weight excluding hydrogens is 767 g/mol. The summed E-state index contributed by atoms with van der Waals surface area (Å²) in [7, 11) is 2.51. The number of carbonyl (C=O) groups is 4. The smallest absolute Gasteiger partial charge is 0.407 e. The summed E-state index contributed by atoms with van der Waals surface area (Å²) < 4.78 is 47.3. The molecule has 4 amide bonds. The molecule has 3 aliphatic rings. The van der Waals surface area contributed by atoms with Gasteiger partial charge in [0.1, 0.15) is 35.2 Å². The first kappa shape index (κ1) is 43.4. The molecule has 1 aromatic carbocycles. The average molecular weight is 825 g/mol. The number of hydrogen-bond donors (Lipinski definition) is 4. The van der Waals surface area contributed by atoms with Gasteiger partial charge >= 0.3 is 12.2 Å². The summed E-state index contributed by atoms with van der Waals surface area (Å²) in [5.74, 6) is -1.38. The fourth-order valence-corrected chi connectivity index (χ4v) is 8.60. The van der Waals surface area contributed by atoms with Gasteiger partial charge in [0.05, 0.1) is 39.5 Å². The highest BCUT2D eigenvalue weighted by Gasteiger charge is 2.39. The molecule has 5 heterocycles. The van der Waals surface area contributed by atoms with E-state index in [1.807, 2.05) is 40.7 Å². The van der Waals surface area contributed by atoms with Gasteiger partial charge in [-0.2, -0.15) is 0 Å². The second-order valence-electron chi connectivity index (χ2n) is 16.3. The van der Waals surface area contributed by atoms with E-state index in [-0.39, 0.29) is 47.9 Å². The Hall–Kier alpha value is -5.19. The molecule has 322 valence electrons. The van der Waals surface area contributed by atoms with Crippen molar-refractivity contribution in [3.8, 4) is 11.3 Å². The van der Waals surface area contributed by atoms with Gasteiger partial charge in [0.25, 0.3) is 0 Å². The van der Waals surface area contributed by atoms with Gasteiger partial charge in [0.2, 0.25) is 11.8 Å². The Bertz CT molecular complexity index is 1950. The van der Waals surface area contributed by atoms with E-state index in [0.717, 1.165) is 24.1 Å². The molecule has 59 heavy (non-hydrogen) atoms. The van der Waals surface area contributed by atoms with E-state index in [2.05, 4.69) is 25.6 Å². The zero-order chi connectivity index (χ0) is 42.5. The first-order valence-corrected chi connectivity index (χ1v) is 20.6. The third-order valence-electron chi connectivity index (χ3n) is 11.9. The maximum absolute atomic E-state index is 16.0. The van der Waals surface area contributed by atoms with Crippen molar-refractivity contribution in [2.75, 3.05) is 58.5 Å². The topological polar surface area (TPSA) is 174 Å². The number of ether oxygens (including phenoxy) is 3. The fraction of sp³-hybridized carbons (Fsp3) is 0.595. The van der Waals surface area contributed by atoms with Gasteiger partial charge in [0.15, 0.2) is 0 Å². The van der Waals surface area contributed by atoms with Crippen LogP contribution in [-0.2, 0) is 30.2 Å². The number of carbonyl (C=O) groups excluding carboxylic acids is 4. The van der Waals surface area contributed by atoms with Crippen molar-refractivity contribution in [3.63, 3.8) is 0 Å². The summed E-state index contributed by atoms with van der Waals surface area (Å²) >= 11 is 0. The SMILES string of the molecule is CCc1cc(-c2cc(F)c(N3CCC(c4cnc(C5CCCN5C(=O)C(NC(=O)OC)C(C)C)[nH]4)CC3)c(F)c2)[nH]c1C1COCCN1C(=O)C(NC(=O)OC)C(C)C. The van der Waals surface area contributed by atoms with Crippen LogP contribution in [0.25, 0.3) is 11.3 Å². The summed E-state index contributed by atoms with van der Waals surface area (Å²) in [6.45, 7) is 11.7. The second-order valence-corrected chi connectivity index (χ2v) is 16.3. The number of hydrogen-bond acceptors (Lipinski definition) is 9. The number of likely N-dealkylation sites (tertiary alicyclic amines) is 1. The third-order valence-corrected chi connectivity index (χ3v) is 11.9. The molecule has 0 bridgehead atoms. The minimum atomic E-state index is -0.817. The van der Waals surface area contributed by atoms with E-state index in [9.17, 15) is 19.2 Å². The molecule has 3 fully saturated rings. The number of aryl methyl sites for hydroxylation is 1. The lowest BCUT2D eigenvalue weighted by molar-refractivity contribution is -0.143. The van der Waals surface area contributed by atoms with Crippen LogP contribution in [0, 0.1) is 23.5 Å². The molecule has 4 unspecified atom stereocenters. The number of rotatable bonds is 12. The Morgan fingerprint density at radius 2 is 1.44 bits per heavy atom. The highest BCUT2D eigenvalue weighted by molar-refractivity contribution is 5.87. The van der Waals surface area contributed by atoms with Crippen molar-refractivity contribution >= 4 is 29.7 Å². The second kappa shape index (κ2) is 18.8. The number of amides is 4. The quantitative estimate of drug-likeness (QED) is 0.172. The van der Waals surface area contributed by atoms with Crippen molar-refractivity contribution in [1.29, 1.82) is 0 Å². The number of alkyl carbamates (subject to hydrolysis) is 2. The van der Waals surface area contributed by atoms with Crippen LogP contribution in [0.15, 0.2) is 24.4 Å². The molecule has 4 atom stereocenters. The molecule has 3 aliphatic heterocycles. The largest absolute Gasteiger partial charge is 0.453 e. The average Bonchev–Trinajstić information content (AvgIpc) is 4.01. The van der Waals surface area contributed by atoms with Crippen molar-refractivity contribution < 1.29 is 42.2 Å². The molecule has 0 spiro atoms. The molecule has 3 saturated heterocycles. The Labute approximate surface area is 343 Å². The third kappa shape index (κ3) is 9.34. The van der Waals surface area contributed by atoms with Gasteiger partial charge in [-0.05, 0) is 67.7 Å². The molecule has 0 aliphatic carbocycles. The number of methoxy groups -OCH3 is 2. The Morgan fingerprint density at radius 3 is 2.00 bits per heavy atom. The molecule has 3 aromatic rings. The number of nitrogens with zero attached hydrogens (tertiary/aromatic N) is 4. The van der Waals surface area contributed by atoms with Crippen LogP contribution in [0.4, 0.5) is 24.1 Å². The zero-order valence-electron chi connectivity index (χ0n) is 35.0. The number of morpholine rings is 1. The van der Waals surface area contributed by atoms with E-state index in [1.165, 1.54) is 26.4 Å². The lowest BCUT2D eigenvalue weighted by Crippen LogP contribution is -2.54. The van der Waals surface area contributed by atoms with Gasteiger partial charge in [-0.1, -0.05) is 34.6 Å². The van der Waals surface area contributed by atoms with E-state index < -0.39 is 41.9 Å². The first-order valence-electron chi connectivity index (χ1n) is 20.6. The zero-order valence-corrected chi connectivity index (χ0v) is 35.0. The van der Waals surface area contributed by atoms with Crippen LogP contribution < -0.4 is 15.5 Å². The van der Waals surface area contributed by atoms with E-state index in [1.54, 1.807) is 20.9 Å². The van der Waals surface area contributed by atoms with Crippen LogP contribution in [0.3, 0.4) is 0 Å². The maximum atomic E-state index is 16.0. The normalized spacial score (nSPS) is 19.9. The van der Waals surface area contributed by atoms with Gasteiger partial charge in [0, 0.05) is 60.9 Å². The van der Waals surface area contributed by atoms with Gasteiger partial charge in [-0.15, -0.1) is 0 Å². The number of aromatic nitrogens is 3. The summed E-state index contributed by atoms with van der Waals surface area (Å²) in [5.41, 5.74) is 3.30. The van der Waals surface area contributed by atoms with Crippen LogP contribution in [0.5, 0.6) is 0 Å². The summed E-state index contributed by atoms with van der Waals surface area (Å²) in [6.07, 6.45) is 3.86. The Morgan fingerprint density at radius 1 is 0.847 bits per heavy atom. The minimum Gasteiger partial charge on any atom is -0.453 e. The molecule has 0 saturated carbocycles. The van der Waals surface area contributed by atoms with Gasteiger partial charge in [-0.3, -0.25) is 9.59 Å². The molecule has 2 aromatic heterocycles. The van der Waals surface area contributed by atoms with Crippen LogP contribution in [0.2, 0.25) is 0 Å². The summed E-state index contributed by atoms with van der Waals surface area (Å²) in [6, 6.07) is 2.24. The fourth-order valence-electron chi connectivity index (χ4n) is 8.60. The van der Waals surface area contributed by atoms with Gasteiger partial charge < -0.3 is 49.5 Å². The van der Waals surface area contributed by atoms with Crippen LogP contribution in [0.1, 0.15) is 101 Å². The highest BCUT2D eigenvalue weighted by Crippen LogP contribution is 2.38. The van der Waals surface area contributed by atoms with E-state index in [4.69, 9.17) is 14.2 Å². The van der Waals surface area contributed by atoms with Crippen LogP contribution >= 0.6 is 0 Å². The summed E-state index contributed by atoms with van der Waals surface area (Å²) in [5, 5.41) is 5.33. The van der Waals surface area contributed by atoms with Crippen molar-refractivity contribution in [2.45, 2.75) is 96.8 Å². The standard InChI is InChI=1S/C42H58F2N8O7/c1-8-25-20-30(46-36(25)33-22-59-17-16-52(33)40(54)35(24(4)5)49-42(56)58-7)27-18-28(43)37(29(44)19-27)50-14-11-26(12-15-50)31-21-45-38(47-31)32-10-9-13-51(32)39(53)34(23(2)3)48-41(55)57-6/h18-21,23-24,26,32-35,46H,8-17,22H2,1-7H3,(H,45,47)(H,48,55)(H,49,56). The number of anilines is 1. The van der Waals surface area contributed by atoms with Gasteiger partial charge in [-0.25, -0.2) is 23.4 Å². The first-order chi connectivity index (χ1) is 28.3. The lowest BCUT2D eigenvalue weighted by atomic mass is 9.93. The number of aromatic amines is 2. The molecule has 17 heteroatoms. The van der Waals surface area contributed by atoms with Crippen molar-refractivity contribution in [3.05, 3.63) is 58.8 Å². The van der Waals surface area contributed by atoms with Crippen molar-refractivity contribution in [2.24, 2.45) is 11.8 Å². The van der Waals surface area contributed by atoms with Crippen molar-refractivity contribution in [1.82, 2.24) is 35.4 Å². The number of imidazole rings is 1. The number of benzene rings is 1. The molecular formula is C42H58F2N8O7. The highest BCUT2D eigenvalue weighted by atomic mass is 19.1. The number of halogens is 2. The summed E-state index contributed by atoms with van der Waals surface area (Å²) in [4.78, 5) is 68.2. The van der Waals surface area contributed by atoms with E-state index in [0.29, 0.717) is 74.8 Å². The maximum Gasteiger partial charge on any atom is 0.407 e. The molecule has 0 radical (unpaired) electrons. The number of piperidine rings is 1. The minimum absolute atomic E-state index is 0.0735. The molecule has 15 nitrogen and oxygen atoms in total.